The summed E-state index contributed by atoms with van der Waals surface area (Å²) in [5.41, 5.74) is 5.98. The van der Waals surface area contributed by atoms with Crippen LogP contribution in [-0.4, -0.2) is 11.2 Å². The van der Waals surface area contributed by atoms with E-state index in [0.29, 0.717) is 0 Å². The molecule has 1 heterocycles. The maximum absolute atomic E-state index is 4.14. The van der Waals surface area contributed by atoms with Crippen molar-refractivity contribution >= 4 is 11.9 Å². The zero-order valence-electron chi connectivity index (χ0n) is 9.09. The van der Waals surface area contributed by atoms with E-state index >= 15 is 0 Å². The average Bonchev–Trinajstić information content (AvgIpc) is 2.30. The van der Waals surface area contributed by atoms with Gasteiger partial charge in [0, 0.05) is 6.20 Å². The molecule has 0 unspecified atom stereocenters. The molecule has 0 atom stereocenters. The lowest BCUT2D eigenvalue weighted by Crippen LogP contribution is -1.92. The number of hydrogen-bond donors (Lipinski definition) is 1. The lowest BCUT2D eigenvalue weighted by atomic mass is 10.2. The molecule has 0 saturated heterocycles. The molecular formula is C13H13N3. The van der Waals surface area contributed by atoms with Crippen LogP contribution in [0, 0.1) is 6.92 Å². The Labute approximate surface area is 94.9 Å². The molecule has 0 bridgehead atoms. The van der Waals surface area contributed by atoms with Gasteiger partial charge < -0.3 is 0 Å². The van der Waals surface area contributed by atoms with Crippen LogP contribution in [0.15, 0.2) is 53.8 Å². The van der Waals surface area contributed by atoms with Crippen molar-refractivity contribution < 1.29 is 0 Å². The molecular weight excluding hydrogens is 198 g/mol. The van der Waals surface area contributed by atoms with E-state index in [2.05, 4.69) is 15.5 Å². The van der Waals surface area contributed by atoms with Crippen molar-refractivity contribution in [3.8, 4) is 0 Å². The summed E-state index contributed by atoms with van der Waals surface area (Å²) in [5, 5.41) is 4.12. The molecule has 0 aliphatic rings. The first-order valence-electron chi connectivity index (χ1n) is 5.11. The molecule has 1 N–H and O–H groups in total. The summed E-state index contributed by atoms with van der Waals surface area (Å²) in [5.74, 6) is 0. The molecule has 0 aliphatic carbocycles. The fourth-order valence-electron chi connectivity index (χ4n) is 1.34. The topological polar surface area (TPSA) is 37.3 Å². The van der Waals surface area contributed by atoms with E-state index in [1.807, 2.05) is 49.4 Å². The number of benzene rings is 1. The minimum Gasteiger partial charge on any atom is -0.278 e. The lowest BCUT2D eigenvalue weighted by molar-refractivity contribution is 1.28. The average molecular weight is 211 g/mol. The van der Waals surface area contributed by atoms with Crippen LogP contribution < -0.4 is 5.43 Å². The maximum Gasteiger partial charge on any atom is 0.0830 e. The fourth-order valence-corrected chi connectivity index (χ4v) is 1.34. The van der Waals surface area contributed by atoms with Gasteiger partial charge in [-0.05, 0) is 36.8 Å². The number of anilines is 1. The molecule has 1 aromatic carbocycles. The maximum atomic E-state index is 4.14. The van der Waals surface area contributed by atoms with E-state index in [1.165, 1.54) is 5.56 Å². The van der Waals surface area contributed by atoms with Crippen LogP contribution in [0.3, 0.4) is 0 Å². The van der Waals surface area contributed by atoms with Crippen LogP contribution >= 0.6 is 0 Å². The van der Waals surface area contributed by atoms with Crippen LogP contribution in [0.25, 0.3) is 0 Å². The van der Waals surface area contributed by atoms with E-state index in [-0.39, 0.29) is 0 Å². The fraction of sp³-hybridized carbons (Fsp3) is 0.0769. The molecule has 0 aliphatic heterocycles. The van der Waals surface area contributed by atoms with Crippen LogP contribution in [0.4, 0.5) is 5.69 Å². The zero-order valence-corrected chi connectivity index (χ0v) is 9.09. The first kappa shape index (κ1) is 10.4. The van der Waals surface area contributed by atoms with Gasteiger partial charge in [0.1, 0.15) is 0 Å². The number of rotatable bonds is 3. The van der Waals surface area contributed by atoms with Gasteiger partial charge in [-0.1, -0.05) is 18.2 Å². The van der Waals surface area contributed by atoms with E-state index in [1.54, 1.807) is 12.4 Å². The summed E-state index contributed by atoms with van der Waals surface area (Å²) in [6, 6.07) is 13.8. The Bertz CT molecular complexity index is 478. The highest BCUT2D eigenvalue weighted by atomic mass is 15.3. The predicted molar refractivity (Wildman–Crippen MR) is 66.6 cm³/mol. The standard InChI is InChI=1S/C13H13N3/c1-11-5-4-7-12(9-11)16-15-10-13-6-2-3-8-14-13/h2-10,16H,1H3. The molecule has 2 rings (SSSR count). The monoisotopic (exact) mass is 211 g/mol. The molecule has 0 amide bonds. The number of hydrazone groups is 1. The van der Waals surface area contributed by atoms with Gasteiger partial charge in [-0.3, -0.25) is 10.4 Å². The van der Waals surface area contributed by atoms with Gasteiger partial charge in [-0.25, -0.2) is 0 Å². The second-order valence-electron chi connectivity index (χ2n) is 3.49. The van der Waals surface area contributed by atoms with E-state index in [9.17, 15) is 0 Å². The van der Waals surface area contributed by atoms with Crippen molar-refractivity contribution in [3.63, 3.8) is 0 Å². The minimum atomic E-state index is 0.836. The quantitative estimate of drug-likeness (QED) is 0.626. The summed E-state index contributed by atoms with van der Waals surface area (Å²) >= 11 is 0. The highest BCUT2D eigenvalue weighted by molar-refractivity contribution is 5.77. The van der Waals surface area contributed by atoms with E-state index < -0.39 is 0 Å². The van der Waals surface area contributed by atoms with Crippen molar-refractivity contribution in [2.24, 2.45) is 5.10 Å². The normalized spacial score (nSPS) is 10.6. The third-order valence-corrected chi connectivity index (χ3v) is 2.10. The number of pyridine rings is 1. The Morgan fingerprint density at radius 3 is 2.88 bits per heavy atom. The lowest BCUT2D eigenvalue weighted by Gasteiger charge is -2.00. The second-order valence-corrected chi connectivity index (χ2v) is 3.49. The Morgan fingerprint density at radius 2 is 2.12 bits per heavy atom. The number of aryl methyl sites for hydroxylation is 1. The zero-order chi connectivity index (χ0) is 11.2. The van der Waals surface area contributed by atoms with Gasteiger partial charge in [-0.15, -0.1) is 0 Å². The number of aromatic nitrogens is 1. The predicted octanol–water partition coefficient (Wildman–Crippen LogP) is 2.84. The Morgan fingerprint density at radius 1 is 1.19 bits per heavy atom. The van der Waals surface area contributed by atoms with Crippen LogP contribution in [0.1, 0.15) is 11.3 Å². The molecule has 0 saturated carbocycles. The third kappa shape index (κ3) is 2.92. The molecule has 1 aromatic heterocycles. The van der Waals surface area contributed by atoms with Crippen molar-refractivity contribution in [2.75, 3.05) is 5.43 Å². The summed E-state index contributed by atoms with van der Waals surface area (Å²) in [4.78, 5) is 4.14. The van der Waals surface area contributed by atoms with Gasteiger partial charge in [0.2, 0.25) is 0 Å². The Balaban J connectivity index is 2.00. The van der Waals surface area contributed by atoms with Crippen molar-refractivity contribution in [1.29, 1.82) is 0 Å². The van der Waals surface area contributed by atoms with Crippen molar-refractivity contribution in [2.45, 2.75) is 6.92 Å². The molecule has 16 heavy (non-hydrogen) atoms. The number of hydrogen-bond acceptors (Lipinski definition) is 3. The van der Waals surface area contributed by atoms with Gasteiger partial charge in [0.25, 0.3) is 0 Å². The molecule has 3 nitrogen and oxygen atoms in total. The van der Waals surface area contributed by atoms with Crippen LogP contribution in [0.5, 0.6) is 0 Å². The second kappa shape index (κ2) is 5.07. The molecule has 3 heteroatoms. The SMILES string of the molecule is Cc1cccc(NN=Cc2ccccn2)c1. The van der Waals surface area contributed by atoms with Crippen LogP contribution in [-0.2, 0) is 0 Å². The molecule has 80 valence electrons. The third-order valence-electron chi connectivity index (χ3n) is 2.10. The summed E-state index contributed by atoms with van der Waals surface area (Å²) in [7, 11) is 0. The van der Waals surface area contributed by atoms with E-state index in [0.717, 1.165) is 11.4 Å². The first-order chi connectivity index (χ1) is 7.84. The first-order valence-corrected chi connectivity index (χ1v) is 5.11. The number of nitrogens with zero attached hydrogens (tertiary/aromatic N) is 2. The van der Waals surface area contributed by atoms with Gasteiger partial charge in [0.05, 0.1) is 17.6 Å². The molecule has 2 aromatic rings. The summed E-state index contributed by atoms with van der Waals surface area (Å²) in [6.07, 6.45) is 3.44. The molecule has 0 fully saturated rings. The van der Waals surface area contributed by atoms with Crippen molar-refractivity contribution in [3.05, 3.63) is 59.9 Å². The highest BCUT2D eigenvalue weighted by Gasteiger charge is 1.89. The summed E-state index contributed by atoms with van der Waals surface area (Å²) < 4.78 is 0. The Hall–Kier alpha value is -2.16. The smallest absolute Gasteiger partial charge is 0.0830 e. The van der Waals surface area contributed by atoms with Gasteiger partial charge in [0.15, 0.2) is 0 Å². The minimum absolute atomic E-state index is 0.836. The molecule has 0 radical (unpaired) electrons. The molecule has 0 spiro atoms. The van der Waals surface area contributed by atoms with Gasteiger partial charge >= 0.3 is 0 Å². The van der Waals surface area contributed by atoms with Crippen molar-refractivity contribution in [1.82, 2.24) is 4.98 Å². The summed E-state index contributed by atoms with van der Waals surface area (Å²) in [6.45, 7) is 2.05. The van der Waals surface area contributed by atoms with Crippen LogP contribution in [0.2, 0.25) is 0 Å². The van der Waals surface area contributed by atoms with Gasteiger partial charge in [-0.2, -0.15) is 5.10 Å². The Kier molecular flexibility index (Phi) is 3.28. The highest BCUT2D eigenvalue weighted by Crippen LogP contribution is 2.08. The number of nitrogens with one attached hydrogen (secondary N) is 1. The van der Waals surface area contributed by atoms with E-state index in [4.69, 9.17) is 0 Å². The largest absolute Gasteiger partial charge is 0.278 e.